The minimum atomic E-state index is -0.599. The molecule has 2 aliphatic rings. The molecule has 0 unspecified atom stereocenters. The predicted octanol–water partition coefficient (Wildman–Crippen LogP) is 13.8. The highest BCUT2D eigenvalue weighted by Crippen LogP contribution is 2.62. The number of hydrogen-bond acceptors (Lipinski definition) is 4. The van der Waals surface area contributed by atoms with Crippen molar-refractivity contribution in [3.05, 3.63) is 235 Å². The molecule has 0 radical (unpaired) electrons. The van der Waals surface area contributed by atoms with Crippen LogP contribution in [0, 0.1) is 0 Å². The summed E-state index contributed by atoms with van der Waals surface area (Å²) >= 11 is 0. The zero-order valence-corrected chi connectivity index (χ0v) is 32.5. The van der Waals surface area contributed by atoms with Gasteiger partial charge in [-0.25, -0.2) is 9.97 Å². The van der Waals surface area contributed by atoms with E-state index in [2.05, 4.69) is 182 Å². The van der Waals surface area contributed by atoms with Crippen LogP contribution in [-0.2, 0) is 5.41 Å². The molecule has 0 amide bonds. The van der Waals surface area contributed by atoms with Crippen LogP contribution in [0.15, 0.2) is 212 Å². The van der Waals surface area contributed by atoms with Gasteiger partial charge in [0.25, 0.3) is 0 Å². The van der Waals surface area contributed by atoms with Gasteiger partial charge in [0.05, 0.1) is 22.5 Å². The number of aromatic nitrogens is 3. The summed E-state index contributed by atoms with van der Waals surface area (Å²) < 4.78 is 6.65. The van der Waals surface area contributed by atoms with E-state index in [0.717, 1.165) is 78.5 Å². The van der Waals surface area contributed by atoms with Gasteiger partial charge in [-0.15, -0.1) is 0 Å². The van der Waals surface area contributed by atoms with Crippen LogP contribution in [0.4, 0.5) is 0 Å². The molecule has 0 bridgehead atoms. The van der Waals surface area contributed by atoms with Crippen LogP contribution in [-0.4, -0.2) is 15.0 Å². The van der Waals surface area contributed by atoms with Crippen LogP contribution in [0.3, 0.4) is 0 Å². The van der Waals surface area contributed by atoms with E-state index < -0.39 is 5.41 Å². The molecular weight excluding hydrogens is 731 g/mol. The van der Waals surface area contributed by atoms with Crippen LogP contribution < -0.4 is 4.74 Å². The minimum absolute atomic E-state index is 0.599. The smallest absolute Gasteiger partial charge is 0.160 e. The molecule has 0 fully saturated rings. The van der Waals surface area contributed by atoms with Crippen LogP contribution in [0.5, 0.6) is 11.5 Å². The first-order valence-electron chi connectivity index (χ1n) is 20.3. The molecule has 0 saturated heterocycles. The van der Waals surface area contributed by atoms with Crippen LogP contribution in [0.1, 0.15) is 22.3 Å². The van der Waals surface area contributed by atoms with Crippen LogP contribution in [0.25, 0.3) is 78.2 Å². The van der Waals surface area contributed by atoms with Crippen molar-refractivity contribution in [2.45, 2.75) is 5.41 Å². The molecule has 1 aliphatic heterocycles. The third-order valence-corrected chi connectivity index (χ3v) is 12.2. The summed E-state index contributed by atoms with van der Waals surface area (Å²) in [6.45, 7) is 0. The fourth-order valence-electron chi connectivity index (χ4n) is 9.51. The summed E-state index contributed by atoms with van der Waals surface area (Å²) in [4.78, 5) is 15.2. The zero-order chi connectivity index (χ0) is 39.6. The lowest BCUT2D eigenvalue weighted by Gasteiger charge is -2.39. The Morgan fingerprint density at radius 3 is 1.65 bits per heavy atom. The van der Waals surface area contributed by atoms with Crippen molar-refractivity contribution in [2.24, 2.45) is 0 Å². The van der Waals surface area contributed by atoms with Gasteiger partial charge >= 0.3 is 0 Å². The highest BCUT2D eigenvalue weighted by Gasteiger charge is 2.51. The fourth-order valence-corrected chi connectivity index (χ4v) is 9.51. The van der Waals surface area contributed by atoms with Crippen molar-refractivity contribution >= 4 is 10.8 Å². The van der Waals surface area contributed by atoms with Gasteiger partial charge in [-0.1, -0.05) is 164 Å². The average Bonchev–Trinajstić information content (AvgIpc) is 3.61. The molecule has 0 saturated carbocycles. The van der Waals surface area contributed by atoms with Crippen molar-refractivity contribution in [3.8, 4) is 78.9 Å². The number of rotatable bonds is 5. The molecule has 2 aromatic heterocycles. The number of para-hydroxylation sites is 2. The molecule has 10 aromatic rings. The predicted molar refractivity (Wildman–Crippen MR) is 242 cm³/mol. The van der Waals surface area contributed by atoms with Gasteiger partial charge in [0.15, 0.2) is 5.82 Å². The Labute approximate surface area is 348 Å². The maximum atomic E-state index is 6.65. The first-order valence-corrected chi connectivity index (χ1v) is 20.3. The number of ether oxygens (including phenoxy) is 1. The largest absolute Gasteiger partial charge is 0.457 e. The van der Waals surface area contributed by atoms with Gasteiger partial charge < -0.3 is 4.74 Å². The zero-order valence-electron chi connectivity index (χ0n) is 32.5. The summed E-state index contributed by atoms with van der Waals surface area (Å²) in [5.41, 5.74) is 15.6. The van der Waals surface area contributed by atoms with E-state index in [4.69, 9.17) is 19.7 Å². The maximum absolute atomic E-state index is 6.65. The van der Waals surface area contributed by atoms with Crippen molar-refractivity contribution in [2.75, 3.05) is 0 Å². The van der Waals surface area contributed by atoms with E-state index in [1.54, 1.807) is 0 Å². The second kappa shape index (κ2) is 13.6. The number of fused-ring (bicyclic) bond motifs is 10. The lowest BCUT2D eigenvalue weighted by molar-refractivity contribution is 0.436. The highest BCUT2D eigenvalue weighted by atomic mass is 16.5. The molecule has 4 nitrogen and oxygen atoms in total. The SMILES string of the molecule is c1ccc(-c2cc(-c3ccc4c(c3)-c3cc(-c5cccc(-c6nccc7ccccc67)c5)ccc3C43c4ccccc4Oc4ccccc43)nc(-c3ccccc3)n2)cc1. The number of nitrogens with zero attached hydrogens (tertiary/aromatic N) is 3. The lowest BCUT2D eigenvalue weighted by atomic mass is 9.66. The molecule has 280 valence electrons. The Morgan fingerprint density at radius 2 is 0.917 bits per heavy atom. The summed E-state index contributed by atoms with van der Waals surface area (Å²) in [7, 11) is 0. The molecule has 0 atom stereocenters. The second-order valence-electron chi connectivity index (χ2n) is 15.5. The van der Waals surface area contributed by atoms with Crippen LogP contribution >= 0.6 is 0 Å². The first-order chi connectivity index (χ1) is 29.7. The lowest BCUT2D eigenvalue weighted by Crippen LogP contribution is -2.32. The van der Waals surface area contributed by atoms with Crippen molar-refractivity contribution in [1.29, 1.82) is 0 Å². The highest BCUT2D eigenvalue weighted by molar-refractivity contribution is 5.96. The van der Waals surface area contributed by atoms with Crippen molar-refractivity contribution in [3.63, 3.8) is 0 Å². The monoisotopic (exact) mass is 765 g/mol. The molecule has 4 heteroatoms. The molecule has 12 rings (SSSR count). The van der Waals surface area contributed by atoms with E-state index >= 15 is 0 Å². The Morgan fingerprint density at radius 1 is 0.367 bits per heavy atom. The summed E-state index contributed by atoms with van der Waals surface area (Å²) in [6, 6.07) is 73.0. The normalized spacial score (nSPS) is 12.9. The quantitative estimate of drug-likeness (QED) is 0.175. The van der Waals surface area contributed by atoms with Crippen LogP contribution in [0.2, 0.25) is 0 Å². The number of pyridine rings is 1. The standard InChI is InChI=1S/C56H35N3O/c1-3-15-37(16-4-1)50-35-51(59-55(58-50)38-17-5-2-6-18-38)41-27-29-47-45(34-41)44-33-40(39-19-13-20-42(32-39)54-43-21-8-7-14-36(43)30-31-57-54)26-28-46(44)56(47)48-22-9-11-24-52(48)60-53-25-12-10-23-49(53)56/h1-35H. The molecule has 1 spiro atoms. The van der Waals surface area contributed by atoms with E-state index in [0.29, 0.717) is 5.82 Å². The number of benzene rings is 8. The van der Waals surface area contributed by atoms with Gasteiger partial charge in [0, 0.05) is 45.0 Å². The molecule has 1 aliphatic carbocycles. The third kappa shape index (κ3) is 5.28. The van der Waals surface area contributed by atoms with Gasteiger partial charge in [0.2, 0.25) is 0 Å². The van der Waals surface area contributed by atoms with E-state index in [1.165, 1.54) is 27.6 Å². The van der Waals surface area contributed by atoms with Gasteiger partial charge in [0.1, 0.15) is 11.5 Å². The molecule has 8 aromatic carbocycles. The Kier molecular flexibility index (Phi) is 7.72. The van der Waals surface area contributed by atoms with E-state index in [9.17, 15) is 0 Å². The number of hydrogen-bond donors (Lipinski definition) is 0. The maximum Gasteiger partial charge on any atom is 0.160 e. The minimum Gasteiger partial charge on any atom is -0.457 e. The van der Waals surface area contributed by atoms with E-state index in [-0.39, 0.29) is 0 Å². The van der Waals surface area contributed by atoms with Gasteiger partial charge in [-0.3, -0.25) is 4.98 Å². The molecule has 0 N–H and O–H groups in total. The molecular formula is C56H35N3O. The Hall–Kier alpha value is -7.95. The van der Waals surface area contributed by atoms with Crippen molar-refractivity contribution in [1.82, 2.24) is 15.0 Å². The van der Waals surface area contributed by atoms with Gasteiger partial charge in [-0.2, -0.15) is 0 Å². The summed E-state index contributed by atoms with van der Waals surface area (Å²) in [6.07, 6.45) is 1.90. The van der Waals surface area contributed by atoms with Crippen molar-refractivity contribution < 1.29 is 4.74 Å². The summed E-state index contributed by atoms with van der Waals surface area (Å²) in [5, 5.41) is 2.32. The average molecular weight is 766 g/mol. The molecule has 60 heavy (non-hydrogen) atoms. The first kappa shape index (κ1) is 34.1. The van der Waals surface area contributed by atoms with E-state index in [1.807, 2.05) is 30.5 Å². The third-order valence-electron chi connectivity index (χ3n) is 12.2. The Balaban J connectivity index is 1.09. The Bertz CT molecular complexity index is 3190. The summed E-state index contributed by atoms with van der Waals surface area (Å²) in [5.74, 6) is 2.43. The second-order valence-corrected chi connectivity index (χ2v) is 15.5. The fraction of sp³-hybridized carbons (Fsp3) is 0.0179. The van der Waals surface area contributed by atoms with Gasteiger partial charge in [-0.05, 0) is 81.2 Å². The topological polar surface area (TPSA) is 47.9 Å². The molecule has 3 heterocycles.